The molecule has 2 N–H and O–H groups in total. The lowest BCUT2D eigenvalue weighted by Crippen LogP contribution is -2.29. The van der Waals surface area contributed by atoms with E-state index in [9.17, 15) is 9.50 Å². The van der Waals surface area contributed by atoms with Gasteiger partial charge in [-0.15, -0.1) is 0 Å². The minimum atomic E-state index is -1.08. The molecule has 1 aliphatic heterocycles. The second-order valence-corrected chi connectivity index (χ2v) is 8.45. The van der Waals surface area contributed by atoms with Crippen LogP contribution in [-0.4, -0.2) is 20.7 Å². The van der Waals surface area contributed by atoms with E-state index in [1.54, 1.807) is 26.0 Å². The highest BCUT2D eigenvalue weighted by Gasteiger charge is 2.36. The van der Waals surface area contributed by atoms with Crippen LogP contribution in [0, 0.1) is 17.7 Å². The average Bonchev–Trinajstić information content (AvgIpc) is 3.05. The number of ether oxygens (including phenoxy) is 1. The predicted octanol–water partition coefficient (Wildman–Crippen LogP) is 5.29. The highest BCUT2D eigenvalue weighted by molar-refractivity contribution is 6.33. The quantitative estimate of drug-likeness (QED) is 0.536. The van der Waals surface area contributed by atoms with E-state index in [0.717, 1.165) is 16.8 Å². The van der Waals surface area contributed by atoms with Crippen LogP contribution in [0.1, 0.15) is 39.0 Å². The Morgan fingerprint density at radius 1 is 1.24 bits per heavy atom. The molecule has 0 saturated heterocycles. The second-order valence-electron chi connectivity index (χ2n) is 8.04. The molecule has 0 radical (unpaired) electrons. The molecule has 4 nitrogen and oxygen atoms in total. The Morgan fingerprint density at radius 2 is 2.00 bits per heavy atom. The largest absolute Gasteiger partial charge is 0.481 e. The minimum Gasteiger partial charge on any atom is -0.481 e. The number of halogens is 2. The number of fused-ring (bicyclic) bond motifs is 3. The Labute approximate surface area is 173 Å². The molecule has 0 amide bonds. The fraction of sp³-hybridized carbons (Fsp3) is 0.261. The number of nitrogens with one attached hydrogen (secondary N) is 1. The van der Waals surface area contributed by atoms with Crippen LogP contribution in [0.5, 0.6) is 5.75 Å². The monoisotopic (exact) mass is 410 g/mol. The molecule has 3 aromatic rings. The normalized spacial score (nSPS) is 14.3. The summed E-state index contributed by atoms with van der Waals surface area (Å²) in [7, 11) is 0. The van der Waals surface area contributed by atoms with Crippen LogP contribution >= 0.6 is 11.6 Å². The van der Waals surface area contributed by atoms with E-state index in [1.165, 1.54) is 6.07 Å². The van der Waals surface area contributed by atoms with Gasteiger partial charge in [0.05, 0.1) is 22.0 Å². The molecule has 0 bridgehead atoms. The number of benzene rings is 2. The van der Waals surface area contributed by atoms with Crippen molar-refractivity contribution in [3.05, 3.63) is 58.5 Å². The fourth-order valence-corrected chi connectivity index (χ4v) is 3.53. The number of H-pyrrole nitrogens is 1. The van der Waals surface area contributed by atoms with Gasteiger partial charge in [0.25, 0.3) is 0 Å². The first-order chi connectivity index (χ1) is 13.5. The van der Waals surface area contributed by atoms with Crippen molar-refractivity contribution in [2.24, 2.45) is 0 Å². The van der Waals surface area contributed by atoms with Crippen LogP contribution < -0.4 is 4.74 Å². The number of imidazole rings is 1. The molecular weight excluding hydrogens is 391 g/mol. The summed E-state index contributed by atoms with van der Waals surface area (Å²) in [5.41, 5.74) is 1.37. The van der Waals surface area contributed by atoms with Gasteiger partial charge >= 0.3 is 0 Å². The van der Waals surface area contributed by atoms with Crippen LogP contribution in [-0.2, 0) is 5.60 Å². The smallest absolute Gasteiger partial charge is 0.145 e. The molecule has 148 valence electrons. The number of aliphatic hydroxyl groups is 1. The van der Waals surface area contributed by atoms with E-state index in [-0.39, 0.29) is 10.6 Å². The zero-order valence-electron chi connectivity index (χ0n) is 16.5. The lowest BCUT2D eigenvalue weighted by molar-refractivity contribution is 0.101. The summed E-state index contributed by atoms with van der Waals surface area (Å²) in [6, 6.07) is 10.1. The van der Waals surface area contributed by atoms with Crippen molar-refractivity contribution >= 4 is 11.6 Å². The fourth-order valence-electron chi connectivity index (χ4n) is 3.28. The van der Waals surface area contributed by atoms with E-state index in [1.807, 2.05) is 32.0 Å². The van der Waals surface area contributed by atoms with E-state index < -0.39 is 17.0 Å². The minimum absolute atomic E-state index is 0.230. The summed E-state index contributed by atoms with van der Waals surface area (Å²) in [6.45, 7) is 7.08. The van der Waals surface area contributed by atoms with Gasteiger partial charge in [-0.25, -0.2) is 9.37 Å². The maximum absolute atomic E-state index is 14.4. The number of rotatable bonds is 1. The van der Waals surface area contributed by atoms with Gasteiger partial charge in [0.1, 0.15) is 28.6 Å². The summed E-state index contributed by atoms with van der Waals surface area (Å²) in [6.07, 6.45) is 0. The van der Waals surface area contributed by atoms with Gasteiger partial charge in [-0.05, 0) is 58.0 Å². The van der Waals surface area contributed by atoms with Crippen molar-refractivity contribution in [3.8, 4) is 40.2 Å². The Hall–Kier alpha value is -2.81. The van der Waals surface area contributed by atoms with Crippen molar-refractivity contribution in [1.82, 2.24) is 9.97 Å². The number of hydrogen-bond acceptors (Lipinski definition) is 3. The van der Waals surface area contributed by atoms with E-state index in [4.69, 9.17) is 16.3 Å². The summed E-state index contributed by atoms with van der Waals surface area (Å²) in [5, 5.41) is 10.1. The van der Waals surface area contributed by atoms with Crippen molar-refractivity contribution in [2.75, 3.05) is 0 Å². The Balaban J connectivity index is 1.85. The molecule has 0 spiro atoms. The third-order valence-corrected chi connectivity index (χ3v) is 4.93. The van der Waals surface area contributed by atoms with Crippen LogP contribution in [0.25, 0.3) is 22.6 Å². The van der Waals surface area contributed by atoms with Crippen LogP contribution in [0.2, 0.25) is 5.02 Å². The summed E-state index contributed by atoms with van der Waals surface area (Å²) >= 11 is 6.22. The lowest BCUT2D eigenvalue weighted by Gasteiger charge is -2.31. The molecule has 2 heterocycles. The molecule has 1 aromatic heterocycles. The molecule has 1 aliphatic rings. The predicted molar refractivity (Wildman–Crippen MR) is 111 cm³/mol. The lowest BCUT2D eigenvalue weighted by atomic mass is 9.94. The van der Waals surface area contributed by atoms with Crippen molar-refractivity contribution in [1.29, 1.82) is 0 Å². The van der Waals surface area contributed by atoms with Crippen molar-refractivity contribution in [2.45, 2.75) is 38.9 Å². The summed E-state index contributed by atoms with van der Waals surface area (Å²) in [5.74, 6) is 6.29. The van der Waals surface area contributed by atoms with Crippen LogP contribution in [0.3, 0.4) is 0 Å². The highest BCUT2D eigenvalue weighted by atomic mass is 35.5. The zero-order valence-corrected chi connectivity index (χ0v) is 17.3. The van der Waals surface area contributed by atoms with Crippen LogP contribution in [0.4, 0.5) is 4.39 Å². The van der Waals surface area contributed by atoms with Crippen molar-refractivity contribution in [3.63, 3.8) is 0 Å². The van der Waals surface area contributed by atoms with Gasteiger partial charge in [0, 0.05) is 11.1 Å². The molecule has 6 heteroatoms. The number of nitrogens with zero attached hydrogens (tertiary/aromatic N) is 1. The molecule has 2 aromatic carbocycles. The third-order valence-electron chi connectivity index (χ3n) is 4.62. The van der Waals surface area contributed by atoms with Gasteiger partial charge < -0.3 is 14.8 Å². The number of aromatic amines is 1. The topological polar surface area (TPSA) is 58.1 Å². The maximum atomic E-state index is 14.4. The number of hydrogen-bond donors (Lipinski definition) is 2. The molecule has 0 atom stereocenters. The molecule has 0 unspecified atom stereocenters. The second kappa shape index (κ2) is 6.62. The number of aromatic nitrogens is 2. The highest BCUT2D eigenvalue weighted by Crippen LogP contribution is 2.45. The maximum Gasteiger partial charge on any atom is 0.145 e. The Kier molecular flexibility index (Phi) is 4.45. The van der Waals surface area contributed by atoms with Gasteiger partial charge in [-0.2, -0.15) is 0 Å². The third kappa shape index (κ3) is 3.62. The standard InChI is InChI=1S/C23H20ClFN2O2/c1-22(2,28)11-10-13-8-9-14-17(12-13)29-23(3,4)20-19(14)26-21(27-20)18-15(24)6-5-7-16(18)25/h5-9,12,28H,1-4H3,(H,26,27). The molecule has 0 aliphatic carbocycles. The summed E-state index contributed by atoms with van der Waals surface area (Å²) in [4.78, 5) is 7.86. The zero-order chi connectivity index (χ0) is 21.0. The Bertz CT molecular complexity index is 1160. The Morgan fingerprint density at radius 3 is 2.69 bits per heavy atom. The van der Waals surface area contributed by atoms with Gasteiger partial charge in [0.2, 0.25) is 0 Å². The first-order valence-electron chi connectivity index (χ1n) is 9.19. The van der Waals surface area contributed by atoms with Crippen LogP contribution in [0.15, 0.2) is 36.4 Å². The first kappa shape index (κ1) is 19.5. The first-order valence-corrected chi connectivity index (χ1v) is 9.57. The molecular formula is C23H20ClFN2O2. The molecule has 29 heavy (non-hydrogen) atoms. The SMILES string of the molecule is CC(C)(O)C#Cc1ccc2c(c1)OC(C)(C)c1[nH]c(-c3c(F)cccc3Cl)nc1-2. The van der Waals surface area contributed by atoms with E-state index >= 15 is 0 Å². The molecule has 4 rings (SSSR count). The average molecular weight is 411 g/mol. The van der Waals surface area contributed by atoms with Gasteiger partial charge in [-0.3, -0.25) is 0 Å². The van der Waals surface area contributed by atoms with E-state index in [0.29, 0.717) is 17.3 Å². The van der Waals surface area contributed by atoms with Crippen molar-refractivity contribution < 1.29 is 14.2 Å². The molecule has 0 fully saturated rings. The van der Waals surface area contributed by atoms with Gasteiger partial charge in [-0.1, -0.05) is 29.5 Å². The van der Waals surface area contributed by atoms with E-state index in [2.05, 4.69) is 21.8 Å². The molecule has 0 saturated carbocycles. The summed E-state index contributed by atoms with van der Waals surface area (Å²) < 4.78 is 20.6. The van der Waals surface area contributed by atoms with Gasteiger partial charge in [0.15, 0.2) is 0 Å².